The Morgan fingerprint density at radius 2 is 1.85 bits per heavy atom. The Morgan fingerprint density at radius 1 is 1.31 bits per heavy atom. The number of hydrogen-bond donors (Lipinski definition) is 0. The number of hydrogen-bond acceptors (Lipinski definition) is 0. The number of rotatable bonds is 2. The van der Waals surface area contributed by atoms with E-state index in [4.69, 9.17) is 0 Å². The van der Waals surface area contributed by atoms with E-state index in [0.717, 1.165) is 11.3 Å². The van der Waals surface area contributed by atoms with E-state index < -0.39 is 6.43 Å². The fourth-order valence-electron chi connectivity index (χ4n) is 1.01. The van der Waals surface area contributed by atoms with Crippen LogP contribution in [0, 0.1) is 13.8 Å². The molecule has 76 valence electrons. The van der Waals surface area contributed by atoms with Crippen LogP contribution in [-0.2, 0) is 6.54 Å². The Balaban J connectivity index is 0.000000671. The van der Waals surface area contributed by atoms with E-state index in [-0.39, 0.29) is 6.54 Å². The molecule has 1 aromatic heterocycles. The lowest BCUT2D eigenvalue weighted by Crippen LogP contribution is -2.06. The molecule has 0 atom stereocenters. The molecule has 13 heavy (non-hydrogen) atoms. The molecule has 0 N–H and O–H groups in total. The second-order valence-corrected chi connectivity index (χ2v) is 2.63. The third-order valence-electron chi connectivity index (χ3n) is 1.84. The van der Waals surface area contributed by atoms with Crippen molar-refractivity contribution in [1.82, 2.24) is 4.57 Å². The monoisotopic (exact) mass is 189 g/mol. The zero-order chi connectivity index (χ0) is 10.4. The summed E-state index contributed by atoms with van der Waals surface area (Å²) in [6.07, 6.45) is -0.572. The number of nitrogens with zero attached hydrogens (tertiary/aromatic N) is 1. The predicted octanol–water partition coefficient (Wildman–Crippen LogP) is 3.40. The van der Waals surface area contributed by atoms with E-state index in [1.807, 2.05) is 33.8 Å². The summed E-state index contributed by atoms with van der Waals surface area (Å²) in [4.78, 5) is 0. The van der Waals surface area contributed by atoms with Crippen LogP contribution >= 0.6 is 0 Å². The van der Waals surface area contributed by atoms with Crippen LogP contribution in [0.2, 0.25) is 0 Å². The van der Waals surface area contributed by atoms with Crippen molar-refractivity contribution in [2.24, 2.45) is 0 Å². The van der Waals surface area contributed by atoms with Gasteiger partial charge in [-0.15, -0.1) is 0 Å². The number of alkyl halides is 2. The fourth-order valence-corrected chi connectivity index (χ4v) is 1.01. The van der Waals surface area contributed by atoms with Crippen molar-refractivity contribution in [1.29, 1.82) is 0 Å². The van der Waals surface area contributed by atoms with Crippen molar-refractivity contribution in [3.8, 4) is 0 Å². The van der Waals surface area contributed by atoms with Gasteiger partial charge in [0.2, 0.25) is 0 Å². The molecule has 0 fully saturated rings. The maximum absolute atomic E-state index is 11.9. The highest BCUT2D eigenvalue weighted by Gasteiger charge is 2.06. The first-order chi connectivity index (χ1) is 6.11. The van der Waals surface area contributed by atoms with Crippen molar-refractivity contribution in [3.05, 3.63) is 23.5 Å². The highest BCUT2D eigenvalue weighted by molar-refractivity contribution is 5.18. The third-order valence-corrected chi connectivity index (χ3v) is 1.84. The van der Waals surface area contributed by atoms with Crippen LogP contribution < -0.4 is 0 Å². The molecule has 0 unspecified atom stereocenters. The molecule has 0 saturated heterocycles. The Kier molecular flexibility index (Phi) is 5.35. The van der Waals surface area contributed by atoms with Crippen LogP contribution in [0.3, 0.4) is 0 Å². The van der Waals surface area contributed by atoms with Gasteiger partial charge >= 0.3 is 0 Å². The van der Waals surface area contributed by atoms with E-state index >= 15 is 0 Å². The van der Waals surface area contributed by atoms with E-state index in [1.54, 1.807) is 10.8 Å². The first kappa shape index (κ1) is 12.1. The molecule has 1 nitrogen and oxygen atoms in total. The zero-order valence-corrected chi connectivity index (χ0v) is 8.64. The summed E-state index contributed by atoms with van der Waals surface area (Å²) in [6.45, 7) is 7.56. The average Bonchev–Trinajstić information content (AvgIpc) is 2.39. The zero-order valence-electron chi connectivity index (χ0n) is 8.64. The molecule has 0 spiro atoms. The molecular formula is C10H17F2N. The predicted molar refractivity (Wildman–Crippen MR) is 51.3 cm³/mol. The SMILES string of the molecule is CC.Cc1ccn(CC(F)F)c1C. The van der Waals surface area contributed by atoms with Gasteiger partial charge in [0, 0.05) is 11.9 Å². The van der Waals surface area contributed by atoms with E-state index in [0.29, 0.717) is 0 Å². The number of aromatic nitrogens is 1. The minimum absolute atomic E-state index is 0.195. The summed E-state index contributed by atoms with van der Waals surface area (Å²) in [5.41, 5.74) is 1.98. The molecule has 1 heterocycles. The van der Waals surface area contributed by atoms with Crippen LogP contribution in [-0.4, -0.2) is 11.0 Å². The van der Waals surface area contributed by atoms with Crippen molar-refractivity contribution in [2.75, 3.05) is 0 Å². The normalized spacial score (nSPS) is 9.77. The summed E-state index contributed by atoms with van der Waals surface area (Å²) in [5, 5.41) is 0. The van der Waals surface area contributed by atoms with Gasteiger partial charge in [0.05, 0.1) is 6.54 Å². The minimum Gasteiger partial charge on any atom is -0.346 e. The smallest absolute Gasteiger partial charge is 0.256 e. The molecule has 0 amide bonds. The second-order valence-electron chi connectivity index (χ2n) is 2.63. The average molecular weight is 189 g/mol. The fraction of sp³-hybridized carbons (Fsp3) is 0.600. The summed E-state index contributed by atoms with van der Waals surface area (Å²) < 4.78 is 25.3. The van der Waals surface area contributed by atoms with Crippen molar-refractivity contribution < 1.29 is 8.78 Å². The molecule has 0 radical (unpaired) electrons. The molecule has 0 bridgehead atoms. The molecule has 0 aromatic carbocycles. The van der Waals surface area contributed by atoms with Gasteiger partial charge in [0.15, 0.2) is 0 Å². The molecule has 1 aromatic rings. The van der Waals surface area contributed by atoms with Gasteiger partial charge in [-0.25, -0.2) is 8.78 Å². The number of aryl methyl sites for hydroxylation is 1. The van der Waals surface area contributed by atoms with E-state index in [2.05, 4.69) is 0 Å². The largest absolute Gasteiger partial charge is 0.346 e. The molecule has 0 aliphatic rings. The lowest BCUT2D eigenvalue weighted by Gasteiger charge is -2.04. The second kappa shape index (κ2) is 5.73. The van der Waals surface area contributed by atoms with Crippen LogP contribution in [0.15, 0.2) is 12.3 Å². The molecule has 0 aliphatic heterocycles. The molecular weight excluding hydrogens is 172 g/mol. The van der Waals surface area contributed by atoms with Gasteiger partial charge in [-0.3, -0.25) is 0 Å². The maximum atomic E-state index is 11.9. The van der Waals surface area contributed by atoms with Gasteiger partial charge < -0.3 is 4.57 Å². The Labute approximate surface area is 78.4 Å². The Morgan fingerprint density at radius 3 is 2.15 bits per heavy atom. The van der Waals surface area contributed by atoms with Gasteiger partial charge in [-0.1, -0.05) is 13.8 Å². The minimum atomic E-state index is -2.26. The van der Waals surface area contributed by atoms with E-state index in [9.17, 15) is 8.78 Å². The summed E-state index contributed by atoms with van der Waals surface area (Å²) >= 11 is 0. The summed E-state index contributed by atoms with van der Waals surface area (Å²) in [7, 11) is 0. The maximum Gasteiger partial charge on any atom is 0.256 e. The standard InChI is InChI=1S/C8H11F2N.C2H6/c1-6-3-4-11(7(6)2)5-8(9)10;1-2/h3-4,8H,5H2,1-2H3;1-2H3. The lowest BCUT2D eigenvalue weighted by molar-refractivity contribution is 0.126. The van der Waals surface area contributed by atoms with Gasteiger partial charge in [0.1, 0.15) is 0 Å². The molecule has 0 aliphatic carbocycles. The summed E-state index contributed by atoms with van der Waals surface area (Å²) in [5.74, 6) is 0. The Bertz CT molecular complexity index is 241. The highest BCUT2D eigenvalue weighted by Crippen LogP contribution is 2.09. The molecule has 1 rings (SSSR count). The molecule has 3 heteroatoms. The van der Waals surface area contributed by atoms with Crippen molar-refractivity contribution in [3.63, 3.8) is 0 Å². The van der Waals surface area contributed by atoms with Crippen LogP contribution in [0.25, 0.3) is 0 Å². The highest BCUT2D eigenvalue weighted by atomic mass is 19.3. The lowest BCUT2D eigenvalue weighted by atomic mass is 10.3. The number of halogens is 2. The van der Waals surface area contributed by atoms with E-state index in [1.165, 1.54) is 0 Å². The Hall–Kier alpha value is -0.860. The van der Waals surface area contributed by atoms with Crippen LogP contribution in [0.4, 0.5) is 8.78 Å². The summed E-state index contributed by atoms with van der Waals surface area (Å²) in [6, 6.07) is 1.84. The van der Waals surface area contributed by atoms with Gasteiger partial charge in [0.25, 0.3) is 6.43 Å². The van der Waals surface area contributed by atoms with Gasteiger partial charge in [-0.05, 0) is 25.5 Å². The quantitative estimate of drug-likeness (QED) is 0.672. The first-order valence-corrected chi connectivity index (χ1v) is 4.51. The third kappa shape index (κ3) is 3.57. The van der Waals surface area contributed by atoms with Crippen LogP contribution in [0.5, 0.6) is 0 Å². The van der Waals surface area contributed by atoms with Gasteiger partial charge in [-0.2, -0.15) is 0 Å². The van der Waals surface area contributed by atoms with Crippen molar-refractivity contribution >= 4 is 0 Å². The van der Waals surface area contributed by atoms with Crippen LogP contribution in [0.1, 0.15) is 25.1 Å². The topological polar surface area (TPSA) is 4.93 Å². The molecule has 0 saturated carbocycles. The first-order valence-electron chi connectivity index (χ1n) is 4.51. The van der Waals surface area contributed by atoms with Crippen molar-refractivity contribution in [2.45, 2.75) is 40.7 Å².